The Morgan fingerprint density at radius 3 is 2.77 bits per heavy atom. The third-order valence-corrected chi connectivity index (χ3v) is 5.88. The molecule has 1 aromatic heterocycles. The van der Waals surface area contributed by atoms with Crippen LogP contribution in [0.2, 0.25) is 0 Å². The Balaban J connectivity index is 2.13. The number of ketones is 1. The fourth-order valence-corrected chi connectivity index (χ4v) is 4.65. The molecule has 0 amide bonds. The number of thioether (sulfide) groups is 1. The Morgan fingerprint density at radius 1 is 1.31 bits per heavy atom. The van der Waals surface area contributed by atoms with E-state index in [2.05, 4.69) is 26.8 Å². The minimum Gasteiger partial charge on any atom is -0.494 e. The fourth-order valence-electron chi connectivity index (χ4n) is 3.48. The number of carbonyl (C=O) groups is 1. The van der Waals surface area contributed by atoms with Crippen molar-refractivity contribution < 1.29 is 9.90 Å². The van der Waals surface area contributed by atoms with Gasteiger partial charge in [0.05, 0.1) is 17.3 Å². The van der Waals surface area contributed by atoms with Gasteiger partial charge in [-0.3, -0.25) is 9.36 Å². The van der Waals surface area contributed by atoms with Gasteiger partial charge in [-0.2, -0.15) is 5.26 Å². The van der Waals surface area contributed by atoms with Gasteiger partial charge in [0, 0.05) is 28.6 Å². The fraction of sp³-hybridized carbons (Fsp3) is 0.429. The summed E-state index contributed by atoms with van der Waals surface area (Å²) in [7, 11) is 0. The van der Waals surface area contributed by atoms with Gasteiger partial charge in [-0.05, 0) is 42.2 Å². The smallest absolute Gasteiger partial charge is 0.196 e. The lowest BCUT2D eigenvalue weighted by molar-refractivity contribution is 0.0911. The van der Waals surface area contributed by atoms with E-state index < -0.39 is 0 Å². The summed E-state index contributed by atoms with van der Waals surface area (Å²) in [6.07, 6.45) is 3.41. The normalized spacial score (nSPS) is 15.5. The quantitative estimate of drug-likeness (QED) is 0.589. The molecule has 5 heteroatoms. The van der Waals surface area contributed by atoms with Crippen molar-refractivity contribution in [2.24, 2.45) is 5.41 Å². The number of nitriles is 1. The molecule has 1 aromatic carbocycles. The lowest BCUT2D eigenvalue weighted by atomic mass is 9.76. The second-order valence-electron chi connectivity index (χ2n) is 7.64. The number of Topliss-reactive ketones (excluding diaryl/α,β-unsaturated/α-hetero) is 1. The Morgan fingerprint density at radius 2 is 2.08 bits per heavy atom. The van der Waals surface area contributed by atoms with Gasteiger partial charge in [-0.15, -0.1) is 11.8 Å². The summed E-state index contributed by atoms with van der Waals surface area (Å²) < 4.78 is 1.80. The number of unbranched alkanes of at least 4 members (excludes halogenated alkanes) is 1. The number of rotatable bonds is 5. The molecule has 1 N–H and O–H groups in total. The number of nitrogens with zero attached hydrogens (tertiary/aromatic N) is 2. The second kappa shape index (κ2) is 7.20. The van der Waals surface area contributed by atoms with Crippen LogP contribution in [0.4, 0.5) is 0 Å². The SMILES string of the molecule is CCCCSc1cc(C#N)ccc1-n1c(O)cc2c1CC(C)(C)CC2=O. The molecule has 0 aliphatic heterocycles. The minimum absolute atomic E-state index is 0.0825. The summed E-state index contributed by atoms with van der Waals surface area (Å²) in [5.74, 6) is 1.12. The number of aromatic nitrogens is 1. The molecule has 0 spiro atoms. The van der Waals surface area contributed by atoms with Gasteiger partial charge in [0.1, 0.15) is 0 Å². The number of hydrogen-bond acceptors (Lipinski definition) is 4. The van der Waals surface area contributed by atoms with Crippen LogP contribution in [0.3, 0.4) is 0 Å². The number of aromatic hydroxyl groups is 1. The van der Waals surface area contributed by atoms with Crippen LogP contribution in [0.15, 0.2) is 29.2 Å². The highest BCUT2D eigenvalue weighted by atomic mass is 32.2. The van der Waals surface area contributed by atoms with Crippen LogP contribution in [0.1, 0.15) is 61.6 Å². The molecule has 26 heavy (non-hydrogen) atoms. The zero-order valence-electron chi connectivity index (χ0n) is 15.5. The first-order valence-electron chi connectivity index (χ1n) is 9.00. The van der Waals surface area contributed by atoms with Crippen LogP contribution >= 0.6 is 11.8 Å². The van der Waals surface area contributed by atoms with E-state index in [4.69, 9.17) is 0 Å². The van der Waals surface area contributed by atoms with E-state index in [0.29, 0.717) is 17.5 Å². The zero-order chi connectivity index (χ0) is 18.9. The van der Waals surface area contributed by atoms with E-state index in [0.717, 1.165) is 41.3 Å². The first-order chi connectivity index (χ1) is 12.4. The largest absolute Gasteiger partial charge is 0.494 e. The van der Waals surface area contributed by atoms with Gasteiger partial charge in [-0.1, -0.05) is 27.2 Å². The monoisotopic (exact) mass is 368 g/mol. The molecule has 1 aliphatic carbocycles. The van der Waals surface area contributed by atoms with Crippen molar-refractivity contribution in [3.63, 3.8) is 0 Å². The van der Waals surface area contributed by atoms with Gasteiger partial charge in [0.15, 0.2) is 11.7 Å². The van der Waals surface area contributed by atoms with E-state index in [1.54, 1.807) is 28.5 Å². The Kier molecular flexibility index (Phi) is 5.15. The molecule has 0 atom stereocenters. The lowest BCUT2D eigenvalue weighted by Crippen LogP contribution is -2.27. The second-order valence-corrected chi connectivity index (χ2v) is 8.77. The van der Waals surface area contributed by atoms with E-state index in [9.17, 15) is 15.2 Å². The van der Waals surface area contributed by atoms with Crippen LogP contribution in [-0.2, 0) is 6.42 Å². The summed E-state index contributed by atoms with van der Waals surface area (Å²) in [6, 6.07) is 9.29. The molecule has 0 bridgehead atoms. The highest BCUT2D eigenvalue weighted by molar-refractivity contribution is 7.99. The molecule has 0 saturated heterocycles. The van der Waals surface area contributed by atoms with Crippen molar-refractivity contribution >= 4 is 17.5 Å². The van der Waals surface area contributed by atoms with Crippen LogP contribution in [0, 0.1) is 16.7 Å². The summed E-state index contributed by atoms with van der Waals surface area (Å²) >= 11 is 1.69. The number of carbonyl (C=O) groups excluding carboxylic acids is 1. The van der Waals surface area contributed by atoms with E-state index in [-0.39, 0.29) is 17.1 Å². The standard InChI is InChI=1S/C21H24N2O2S/c1-4-5-8-26-19-9-14(13-22)6-7-16(19)23-17-11-21(2,3)12-18(24)15(17)10-20(23)25/h6-7,9-10,25H,4-5,8,11-12H2,1-3H3. The van der Waals surface area contributed by atoms with Gasteiger partial charge < -0.3 is 5.11 Å². The molecule has 0 fully saturated rings. The summed E-state index contributed by atoms with van der Waals surface area (Å²) in [5.41, 5.74) is 2.80. The highest BCUT2D eigenvalue weighted by Crippen LogP contribution is 2.41. The van der Waals surface area contributed by atoms with Gasteiger partial charge >= 0.3 is 0 Å². The number of hydrogen-bond donors (Lipinski definition) is 1. The average molecular weight is 369 g/mol. The van der Waals surface area contributed by atoms with Crippen molar-refractivity contribution in [2.75, 3.05) is 5.75 Å². The summed E-state index contributed by atoms with van der Waals surface area (Å²) in [6.45, 7) is 6.31. The highest BCUT2D eigenvalue weighted by Gasteiger charge is 2.35. The maximum absolute atomic E-state index is 12.5. The predicted molar refractivity (Wildman–Crippen MR) is 104 cm³/mol. The predicted octanol–water partition coefficient (Wildman–Crippen LogP) is 5.10. The van der Waals surface area contributed by atoms with Crippen LogP contribution in [-0.4, -0.2) is 21.2 Å². The van der Waals surface area contributed by atoms with Crippen molar-refractivity contribution in [1.29, 1.82) is 5.26 Å². The third kappa shape index (κ3) is 3.52. The molecular weight excluding hydrogens is 344 g/mol. The maximum Gasteiger partial charge on any atom is 0.196 e. The summed E-state index contributed by atoms with van der Waals surface area (Å²) in [5, 5.41) is 19.8. The van der Waals surface area contributed by atoms with E-state index in [1.165, 1.54) is 0 Å². The molecule has 1 aliphatic rings. The van der Waals surface area contributed by atoms with Gasteiger partial charge in [-0.25, -0.2) is 0 Å². The Bertz CT molecular complexity index is 890. The molecular formula is C21H24N2O2S. The van der Waals surface area contributed by atoms with Crippen LogP contribution in [0.5, 0.6) is 5.88 Å². The van der Waals surface area contributed by atoms with Crippen molar-refractivity contribution in [3.8, 4) is 17.6 Å². The van der Waals surface area contributed by atoms with Crippen molar-refractivity contribution in [1.82, 2.24) is 4.57 Å². The molecule has 3 rings (SSSR count). The molecule has 1 heterocycles. The summed E-state index contributed by atoms with van der Waals surface area (Å²) in [4.78, 5) is 13.5. The third-order valence-electron chi connectivity index (χ3n) is 4.75. The maximum atomic E-state index is 12.5. The Hall–Kier alpha value is -2.19. The van der Waals surface area contributed by atoms with Gasteiger partial charge in [0.25, 0.3) is 0 Å². The lowest BCUT2D eigenvalue weighted by Gasteiger charge is -2.30. The molecule has 2 aromatic rings. The topological polar surface area (TPSA) is 66.0 Å². The van der Waals surface area contributed by atoms with Crippen molar-refractivity contribution in [2.45, 2.75) is 51.3 Å². The minimum atomic E-state index is -0.130. The first-order valence-corrected chi connectivity index (χ1v) is 9.99. The molecule has 136 valence electrons. The first kappa shape index (κ1) is 18.6. The molecule has 0 radical (unpaired) electrons. The Labute approximate surface area is 158 Å². The number of benzene rings is 1. The zero-order valence-corrected chi connectivity index (χ0v) is 16.3. The van der Waals surface area contributed by atoms with Crippen LogP contribution < -0.4 is 0 Å². The molecule has 0 saturated carbocycles. The molecule has 0 unspecified atom stereocenters. The van der Waals surface area contributed by atoms with Crippen molar-refractivity contribution in [3.05, 3.63) is 41.1 Å². The van der Waals surface area contributed by atoms with Gasteiger partial charge in [0.2, 0.25) is 0 Å². The number of fused-ring (bicyclic) bond motifs is 1. The average Bonchev–Trinajstić information content (AvgIpc) is 2.90. The van der Waals surface area contributed by atoms with E-state index >= 15 is 0 Å². The van der Waals surface area contributed by atoms with Crippen LogP contribution in [0.25, 0.3) is 5.69 Å². The van der Waals surface area contributed by atoms with E-state index in [1.807, 2.05) is 12.1 Å². The molecule has 4 nitrogen and oxygen atoms in total.